The molecule has 2 aliphatic heterocycles. The van der Waals surface area contributed by atoms with Gasteiger partial charge in [-0.25, -0.2) is 4.39 Å². The molecule has 0 saturated carbocycles. The normalized spacial score (nSPS) is 19.9. The van der Waals surface area contributed by atoms with E-state index in [0.717, 1.165) is 30.8 Å². The minimum atomic E-state index is -0.269. The van der Waals surface area contributed by atoms with E-state index < -0.39 is 0 Å². The van der Waals surface area contributed by atoms with E-state index in [9.17, 15) is 9.18 Å². The van der Waals surface area contributed by atoms with Gasteiger partial charge in [0.1, 0.15) is 17.7 Å². The van der Waals surface area contributed by atoms with Crippen LogP contribution >= 0.6 is 0 Å². The number of carbonyl (C=O) groups is 1. The van der Waals surface area contributed by atoms with Crippen LogP contribution in [0.3, 0.4) is 0 Å². The lowest BCUT2D eigenvalue weighted by Crippen LogP contribution is -2.47. The average Bonchev–Trinajstić information content (AvgIpc) is 2.73. The van der Waals surface area contributed by atoms with Gasteiger partial charge in [-0.3, -0.25) is 9.69 Å². The Balaban J connectivity index is 1.37. The molecule has 2 heterocycles. The summed E-state index contributed by atoms with van der Waals surface area (Å²) in [5, 5.41) is 0. The van der Waals surface area contributed by atoms with Crippen molar-refractivity contribution < 1.29 is 18.7 Å². The highest BCUT2D eigenvalue weighted by molar-refractivity contribution is 5.78. The molecule has 0 aromatic heterocycles. The summed E-state index contributed by atoms with van der Waals surface area (Å²) in [6, 6.07) is 12.4. The number of carbonyl (C=O) groups excluding carboxylic acids is 1. The average molecular weight is 384 g/mol. The van der Waals surface area contributed by atoms with Crippen LogP contribution in [0.2, 0.25) is 0 Å². The number of morpholine rings is 1. The number of hydrogen-bond acceptors (Lipinski definition) is 4. The summed E-state index contributed by atoms with van der Waals surface area (Å²) in [4.78, 5) is 16.9. The van der Waals surface area contributed by atoms with E-state index in [-0.39, 0.29) is 17.8 Å². The van der Waals surface area contributed by atoms with Gasteiger partial charge in [-0.05, 0) is 41.3 Å². The Bertz CT molecular complexity index is 840. The predicted octanol–water partition coefficient (Wildman–Crippen LogP) is 2.79. The summed E-state index contributed by atoms with van der Waals surface area (Å²) in [5.74, 6) is 0.773. The van der Waals surface area contributed by atoms with Crippen LogP contribution in [0.5, 0.6) is 5.75 Å². The highest BCUT2D eigenvalue weighted by atomic mass is 19.1. The largest absolute Gasteiger partial charge is 0.496 e. The maximum atomic E-state index is 13.2. The molecule has 1 fully saturated rings. The van der Waals surface area contributed by atoms with Gasteiger partial charge in [-0.1, -0.05) is 24.3 Å². The molecule has 0 spiro atoms. The van der Waals surface area contributed by atoms with Gasteiger partial charge in [0.25, 0.3) is 0 Å². The second-order valence-electron chi connectivity index (χ2n) is 7.31. The molecule has 1 amide bonds. The summed E-state index contributed by atoms with van der Waals surface area (Å²) >= 11 is 0. The first-order chi connectivity index (χ1) is 13.6. The molecule has 4 rings (SSSR count). The van der Waals surface area contributed by atoms with Gasteiger partial charge in [0.2, 0.25) is 5.91 Å². The molecule has 1 saturated heterocycles. The van der Waals surface area contributed by atoms with Crippen molar-refractivity contribution in [1.29, 1.82) is 0 Å². The smallest absolute Gasteiger partial charge is 0.236 e. The standard InChI is InChI=1S/C22H25FN2O3/c1-27-20-4-2-3-17-13-24(10-9-19(17)20)15-22(26)25-11-12-28-21(14-25)16-5-7-18(23)8-6-16/h2-8,21H,9-15H2,1H3. The van der Waals surface area contributed by atoms with Crippen molar-refractivity contribution >= 4 is 5.91 Å². The lowest BCUT2D eigenvalue weighted by atomic mass is 9.98. The zero-order valence-corrected chi connectivity index (χ0v) is 16.1. The maximum Gasteiger partial charge on any atom is 0.236 e. The van der Waals surface area contributed by atoms with E-state index >= 15 is 0 Å². The second-order valence-corrected chi connectivity index (χ2v) is 7.31. The Morgan fingerprint density at radius 1 is 1.21 bits per heavy atom. The summed E-state index contributed by atoms with van der Waals surface area (Å²) in [5.41, 5.74) is 3.37. The molecule has 0 bridgehead atoms. The fourth-order valence-corrected chi connectivity index (χ4v) is 4.01. The van der Waals surface area contributed by atoms with Crippen molar-refractivity contribution in [3.63, 3.8) is 0 Å². The van der Waals surface area contributed by atoms with E-state index in [0.29, 0.717) is 26.2 Å². The second kappa shape index (κ2) is 8.29. The number of methoxy groups -OCH3 is 1. The number of nitrogens with zero attached hydrogens (tertiary/aromatic N) is 2. The maximum absolute atomic E-state index is 13.2. The molecule has 1 atom stereocenters. The van der Waals surface area contributed by atoms with E-state index in [2.05, 4.69) is 11.0 Å². The van der Waals surface area contributed by atoms with Gasteiger partial charge in [0.05, 0.1) is 26.8 Å². The quantitative estimate of drug-likeness (QED) is 0.813. The highest BCUT2D eigenvalue weighted by Gasteiger charge is 2.28. The molecule has 2 aromatic carbocycles. The fourth-order valence-electron chi connectivity index (χ4n) is 4.01. The molecule has 148 valence electrons. The number of rotatable bonds is 4. The number of ether oxygens (including phenoxy) is 2. The number of amides is 1. The lowest BCUT2D eigenvalue weighted by molar-refractivity contribution is -0.140. The Hall–Kier alpha value is -2.44. The van der Waals surface area contributed by atoms with Crippen molar-refractivity contribution in [2.45, 2.75) is 19.1 Å². The van der Waals surface area contributed by atoms with Gasteiger partial charge in [-0.2, -0.15) is 0 Å². The van der Waals surface area contributed by atoms with Crippen LogP contribution in [0, 0.1) is 5.82 Å². The summed E-state index contributed by atoms with van der Waals surface area (Å²) in [7, 11) is 1.70. The van der Waals surface area contributed by atoms with Crippen LogP contribution < -0.4 is 4.74 Å². The third kappa shape index (κ3) is 4.03. The minimum absolute atomic E-state index is 0.113. The summed E-state index contributed by atoms with van der Waals surface area (Å²) in [6.07, 6.45) is 0.679. The van der Waals surface area contributed by atoms with E-state index in [1.807, 2.05) is 17.0 Å². The summed E-state index contributed by atoms with van der Waals surface area (Å²) < 4.78 is 24.4. The molecule has 6 heteroatoms. The van der Waals surface area contributed by atoms with Gasteiger partial charge in [0, 0.05) is 19.6 Å². The van der Waals surface area contributed by atoms with E-state index in [1.165, 1.54) is 23.3 Å². The first-order valence-corrected chi connectivity index (χ1v) is 9.66. The first kappa shape index (κ1) is 18.9. The Kier molecular flexibility index (Phi) is 5.59. The first-order valence-electron chi connectivity index (χ1n) is 9.66. The SMILES string of the molecule is COc1cccc2c1CCN(CC(=O)N1CCOC(c3ccc(F)cc3)C1)C2. The van der Waals surface area contributed by atoms with Crippen molar-refractivity contribution in [2.75, 3.05) is 39.9 Å². The molecule has 0 aliphatic carbocycles. The molecule has 28 heavy (non-hydrogen) atoms. The minimum Gasteiger partial charge on any atom is -0.496 e. The monoisotopic (exact) mass is 384 g/mol. The molecule has 2 aliphatic rings. The van der Waals surface area contributed by atoms with Crippen LogP contribution in [-0.4, -0.2) is 55.6 Å². The zero-order chi connectivity index (χ0) is 19.5. The molecule has 0 radical (unpaired) electrons. The molecular weight excluding hydrogens is 359 g/mol. The molecule has 2 aromatic rings. The fraction of sp³-hybridized carbons (Fsp3) is 0.409. The number of benzene rings is 2. The van der Waals surface area contributed by atoms with Crippen LogP contribution in [0.4, 0.5) is 4.39 Å². The van der Waals surface area contributed by atoms with Crippen molar-refractivity contribution in [1.82, 2.24) is 9.80 Å². The Labute approximate surface area is 164 Å². The topological polar surface area (TPSA) is 42.0 Å². The van der Waals surface area contributed by atoms with Crippen LogP contribution in [-0.2, 0) is 22.5 Å². The van der Waals surface area contributed by atoms with Crippen molar-refractivity contribution in [3.8, 4) is 5.75 Å². The third-order valence-electron chi connectivity index (χ3n) is 5.54. The van der Waals surface area contributed by atoms with Gasteiger partial charge < -0.3 is 14.4 Å². The Morgan fingerprint density at radius 3 is 2.82 bits per heavy atom. The van der Waals surface area contributed by atoms with Gasteiger partial charge >= 0.3 is 0 Å². The van der Waals surface area contributed by atoms with Crippen LogP contribution in [0.25, 0.3) is 0 Å². The summed E-state index contributed by atoms with van der Waals surface area (Å²) in [6.45, 7) is 3.58. The van der Waals surface area contributed by atoms with Crippen LogP contribution in [0.1, 0.15) is 22.8 Å². The molecule has 1 unspecified atom stereocenters. The van der Waals surface area contributed by atoms with Gasteiger partial charge in [0.15, 0.2) is 0 Å². The number of halogens is 1. The molecule has 5 nitrogen and oxygen atoms in total. The number of hydrogen-bond donors (Lipinski definition) is 0. The molecule has 0 N–H and O–H groups in total. The third-order valence-corrected chi connectivity index (χ3v) is 5.54. The highest BCUT2D eigenvalue weighted by Crippen LogP contribution is 2.28. The van der Waals surface area contributed by atoms with Crippen molar-refractivity contribution in [3.05, 3.63) is 65.0 Å². The van der Waals surface area contributed by atoms with Gasteiger partial charge in [-0.15, -0.1) is 0 Å². The Morgan fingerprint density at radius 2 is 2.04 bits per heavy atom. The lowest BCUT2D eigenvalue weighted by Gasteiger charge is -2.35. The molecular formula is C22H25FN2O3. The zero-order valence-electron chi connectivity index (χ0n) is 16.1. The predicted molar refractivity (Wildman–Crippen MR) is 104 cm³/mol. The van der Waals surface area contributed by atoms with E-state index in [4.69, 9.17) is 9.47 Å². The van der Waals surface area contributed by atoms with Crippen molar-refractivity contribution in [2.24, 2.45) is 0 Å². The number of fused-ring (bicyclic) bond motifs is 1. The van der Waals surface area contributed by atoms with E-state index in [1.54, 1.807) is 19.2 Å². The van der Waals surface area contributed by atoms with Crippen LogP contribution in [0.15, 0.2) is 42.5 Å².